The third-order valence-electron chi connectivity index (χ3n) is 1.77. The summed E-state index contributed by atoms with van der Waals surface area (Å²) in [5.74, 6) is -0.399. The zero-order valence-corrected chi connectivity index (χ0v) is 8.03. The molecule has 0 aromatic heterocycles. The Bertz CT molecular complexity index is 199. The molecule has 0 aliphatic heterocycles. The third-order valence-corrected chi connectivity index (χ3v) is 1.77. The number of nitrogens with one attached hydrogen (secondary N) is 1. The first-order valence-electron chi connectivity index (χ1n) is 4.50. The lowest BCUT2D eigenvalue weighted by atomic mass is 9.92. The monoisotopic (exact) mass is 198 g/mol. The fourth-order valence-corrected chi connectivity index (χ4v) is 0.915. The van der Waals surface area contributed by atoms with Gasteiger partial charge >= 0.3 is 0 Å². The number of carbonyl (C=O) groups is 2. The summed E-state index contributed by atoms with van der Waals surface area (Å²) >= 11 is 0. The fraction of sp³-hybridized carbons (Fsp3) is 0.750. The Balaban J connectivity index is 3.30. The quantitative estimate of drug-likeness (QED) is 0.335. The number of rotatable bonds is 7. The van der Waals surface area contributed by atoms with Crippen LogP contribution in [0, 0.1) is 0 Å². The molecule has 0 spiro atoms. The predicted octanol–water partition coefficient (Wildman–Crippen LogP) is -1.71. The summed E-state index contributed by atoms with van der Waals surface area (Å²) in [5.41, 5.74) is 4.87. The number of carbonyl (C=O) groups excluding carboxylic acids is 2. The first kappa shape index (κ1) is 13.1. The van der Waals surface area contributed by atoms with Crippen molar-refractivity contribution in [3.05, 3.63) is 0 Å². The highest BCUT2D eigenvalue weighted by Crippen LogP contribution is 1.97. The zero-order valence-electron chi connectivity index (χ0n) is 8.03. The van der Waals surface area contributed by atoms with Crippen LogP contribution in [0.4, 0.5) is 0 Å². The molecule has 78 valence electrons. The van der Waals surface area contributed by atoms with E-state index in [9.17, 15) is 9.59 Å². The van der Waals surface area contributed by atoms with Crippen molar-refractivity contribution in [3.63, 3.8) is 0 Å². The highest BCUT2D eigenvalue weighted by atomic mass is 16.3. The molecular formula is C8H15BN2O3. The van der Waals surface area contributed by atoms with E-state index in [1.807, 2.05) is 0 Å². The van der Waals surface area contributed by atoms with Gasteiger partial charge in [-0.15, -0.1) is 0 Å². The molecule has 1 atom stereocenters. The highest BCUT2D eigenvalue weighted by Gasteiger charge is 2.06. The summed E-state index contributed by atoms with van der Waals surface area (Å²) < 4.78 is 0. The summed E-state index contributed by atoms with van der Waals surface area (Å²) in [6.45, 7) is -0.0221. The van der Waals surface area contributed by atoms with Crippen LogP contribution in [0.2, 0.25) is 0 Å². The standard InChI is InChI=1S/C8H15BN2O3/c9-8(14)6(10)3-1-2-4-11-7(13)5-12/h6,12H,1-5,10H2,(H,11,13)/t6-/m0/s1. The minimum Gasteiger partial charge on any atom is -0.387 e. The largest absolute Gasteiger partial charge is 0.387 e. The van der Waals surface area contributed by atoms with Crippen molar-refractivity contribution in [2.75, 3.05) is 13.2 Å². The van der Waals surface area contributed by atoms with E-state index in [0.717, 1.165) is 6.42 Å². The molecule has 0 aliphatic rings. The van der Waals surface area contributed by atoms with E-state index < -0.39 is 24.2 Å². The van der Waals surface area contributed by atoms with Crippen molar-refractivity contribution < 1.29 is 14.7 Å². The topological polar surface area (TPSA) is 92.4 Å². The van der Waals surface area contributed by atoms with E-state index in [-0.39, 0.29) is 0 Å². The van der Waals surface area contributed by atoms with Gasteiger partial charge in [-0.2, -0.15) is 0 Å². The molecule has 0 bridgehead atoms. The number of aliphatic hydroxyl groups excluding tert-OH is 1. The second-order valence-corrected chi connectivity index (χ2v) is 3.01. The molecule has 14 heavy (non-hydrogen) atoms. The number of aliphatic hydroxyl groups is 1. The lowest BCUT2D eigenvalue weighted by Crippen LogP contribution is -2.31. The van der Waals surface area contributed by atoms with Crippen molar-refractivity contribution in [2.24, 2.45) is 5.73 Å². The normalized spacial score (nSPS) is 12.1. The zero-order chi connectivity index (χ0) is 11.0. The molecule has 0 fully saturated rings. The molecule has 1 amide bonds. The van der Waals surface area contributed by atoms with Crippen molar-refractivity contribution in [2.45, 2.75) is 25.3 Å². The van der Waals surface area contributed by atoms with Crippen molar-refractivity contribution in [3.8, 4) is 0 Å². The Kier molecular flexibility index (Phi) is 7.05. The molecule has 0 aromatic rings. The summed E-state index contributed by atoms with van der Waals surface area (Å²) in [6.07, 6.45) is 1.95. The van der Waals surface area contributed by atoms with Gasteiger partial charge in [-0.1, -0.05) is 0 Å². The molecule has 0 rings (SSSR count). The van der Waals surface area contributed by atoms with Gasteiger partial charge < -0.3 is 21.0 Å². The maximum Gasteiger partial charge on any atom is 0.245 e. The molecule has 2 radical (unpaired) electrons. The summed E-state index contributed by atoms with van der Waals surface area (Å²) in [7, 11) is 4.95. The smallest absolute Gasteiger partial charge is 0.245 e. The number of hydrogen-bond acceptors (Lipinski definition) is 4. The van der Waals surface area contributed by atoms with Crippen LogP contribution in [0.25, 0.3) is 0 Å². The van der Waals surface area contributed by atoms with Crippen molar-refractivity contribution in [1.29, 1.82) is 0 Å². The van der Waals surface area contributed by atoms with Crippen LogP contribution in [-0.2, 0) is 9.59 Å². The maximum absolute atomic E-state index is 10.6. The summed E-state index contributed by atoms with van der Waals surface area (Å²) in [5, 5.41) is 10.8. The van der Waals surface area contributed by atoms with E-state index in [4.69, 9.17) is 18.7 Å². The van der Waals surface area contributed by atoms with E-state index in [1.54, 1.807) is 0 Å². The molecule has 0 unspecified atom stereocenters. The number of unbranched alkanes of at least 4 members (excludes halogenated alkanes) is 1. The highest BCUT2D eigenvalue weighted by molar-refractivity contribution is 6.59. The lowest BCUT2D eigenvalue weighted by molar-refractivity contribution is -0.123. The van der Waals surface area contributed by atoms with Gasteiger partial charge in [0, 0.05) is 6.54 Å². The Hall–Kier alpha value is -0.875. The van der Waals surface area contributed by atoms with Gasteiger partial charge in [0.05, 0.1) is 11.7 Å². The summed E-state index contributed by atoms with van der Waals surface area (Å²) in [4.78, 5) is 21.1. The molecule has 0 aliphatic carbocycles. The van der Waals surface area contributed by atoms with E-state index in [1.165, 1.54) is 0 Å². The fourth-order valence-electron chi connectivity index (χ4n) is 0.915. The number of hydrogen-bond donors (Lipinski definition) is 3. The molecule has 0 saturated carbocycles. The first-order valence-corrected chi connectivity index (χ1v) is 4.50. The van der Waals surface area contributed by atoms with Gasteiger partial charge in [0.15, 0.2) is 7.85 Å². The van der Waals surface area contributed by atoms with Crippen LogP contribution in [-0.4, -0.2) is 43.7 Å². The number of nitrogens with two attached hydrogens (primary N) is 1. The number of amides is 1. The molecule has 0 saturated heterocycles. The van der Waals surface area contributed by atoms with Gasteiger partial charge in [-0.05, 0) is 19.3 Å². The van der Waals surface area contributed by atoms with Gasteiger partial charge in [0.1, 0.15) is 6.61 Å². The van der Waals surface area contributed by atoms with Gasteiger partial charge in [-0.25, -0.2) is 0 Å². The van der Waals surface area contributed by atoms with Crippen LogP contribution in [0.15, 0.2) is 0 Å². The Labute approximate surface area is 84.5 Å². The second kappa shape index (κ2) is 7.52. The van der Waals surface area contributed by atoms with Gasteiger partial charge in [0.2, 0.25) is 5.91 Å². The maximum atomic E-state index is 10.6. The Morgan fingerprint density at radius 2 is 2.07 bits per heavy atom. The third kappa shape index (κ3) is 6.62. The first-order chi connectivity index (χ1) is 6.57. The minimum atomic E-state index is -0.608. The van der Waals surface area contributed by atoms with Gasteiger partial charge in [-0.3, -0.25) is 4.79 Å². The summed E-state index contributed by atoms with van der Waals surface area (Å²) in [6, 6.07) is -0.608. The van der Waals surface area contributed by atoms with Crippen LogP contribution >= 0.6 is 0 Å². The van der Waals surface area contributed by atoms with E-state index in [0.29, 0.717) is 19.4 Å². The minimum absolute atomic E-state index is 0.399. The lowest BCUT2D eigenvalue weighted by Gasteiger charge is -2.07. The van der Waals surface area contributed by atoms with E-state index >= 15 is 0 Å². The molecule has 0 aromatic carbocycles. The Morgan fingerprint density at radius 1 is 1.43 bits per heavy atom. The molecule has 5 nitrogen and oxygen atoms in total. The molecular weight excluding hydrogens is 183 g/mol. The van der Waals surface area contributed by atoms with E-state index in [2.05, 4.69) is 5.32 Å². The average Bonchev–Trinajstić information content (AvgIpc) is 2.16. The van der Waals surface area contributed by atoms with Crippen LogP contribution < -0.4 is 11.1 Å². The van der Waals surface area contributed by atoms with Crippen molar-refractivity contribution >= 4 is 19.4 Å². The van der Waals surface area contributed by atoms with Crippen LogP contribution in [0.3, 0.4) is 0 Å². The predicted molar refractivity (Wildman–Crippen MR) is 52.7 cm³/mol. The molecule has 6 heteroatoms. The second-order valence-electron chi connectivity index (χ2n) is 3.01. The Morgan fingerprint density at radius 3 is 2.57 bits per heavy atom. The SMILES string of the molecule is [B]C(=O)[C@@H](N)CCCCNC(=O)CO. The van der Waals surface area contributed by atoms with Gasteiger partial charge in [0.25, 0.3) is 0 Å². The molecule has 0 heterocycles. The van der Waals surface area contributed by atoms with Crippen LogP contribution in [0.5, 0.6) is 0 Å². The van der Waals surface area contributed by atoms with Crippen molar-refractivity contribution in [1.82, 2.24) is 5.32 Å². The molecule has 4 N–H and O–H groups in total. The van der Waals surface area contributed by atoms with Crippen LogP contribution in [0.1, 0.15) is 19.3 Å². The average molecular weight is 198 g/mol.